The number of ether oxygens (including phenoxy) is 6. The third-order valence-corrected chi connectivity index (χ3v) is 13.3. The first-order chi connectivity index (χ1) is 40.5. The lowest BCUT2D eigenvalue weighted by Crippen LogP contribution is -2.45. The van der Waals surface area contributed by atoms with E-state index in [0.29, 0.717) is 11.1 Å². The van der Waals surface area contributed by atoms with Gasteiger partial charge in [0.2, 0.25) is 0 Å². The summed E-state index contributed by atoms with van der Waals surface area (Å²) in [7, 11) is 0. The van der Waals surface area contributed by atoms with Crippen molar-refractivity contribution in [1.29, 1.82) is 0 Å². The summed E-state index contributed by atoms with van der Waals surface area (Å²) in [6, 6.07) is 51.6. The molecule has 22 heteroatoms. The third kappa shape index (κ3) is 13.7. The SMILES string of the molecule is C[C@]1(F)[C@@H](n2ccc(NC(=O)c3ccccc3)nc2=O)O[C@H](COC(=O)c2ccccc2)[C@@H]1OC(=O)c1ccccc1.C[C@]1(F)[C@H](OC(=O)c2ccccc2)[C@H](COC(=O)c2ccccc2)O[C@H]1n1ccc(NC(=O)c2ccccc2)nc1=O. The Morgan fingerprint density at radius 3 is 1.00 bits per heavy atom. The second-order valence-corrected chi connectivity index (χ2v) is 19.3. The molecule has 2 fully saturated rings. The maximum absolute atomic E-state index is 16.5. The summed E-state index contributed by atoms with van der Waals surface area (Å²) in [4.78, 5) is 110. The van der Waals surface area contributed by atoms with Gasteiger partial charge in [0, 0.05) is 23.5 Å². The van der Waals surface area contributed by atoms with Crippen LogP contribution in [0.4, 0.5) is 20.4 Å². The van der Waals surface area contributed by atoms with Crippen LogP contribution < -0.4 is 22.0 Å². The first-order valence-electron chi connectivity index (χ1n) is 26.0. The molecule has 0 saturated carbocycles. The van der Waals surface area contributed by atoms with E-state index in [2.05, 4.69) is 20.6 Å². The molecule has 0 radical (unpaired) electrons. The second kappa shape index (κ2) is 26.1. The molecule has 8 atom stereocenters. The standard InChI is InChI=1S/2C31H26FN3O7/c2*1-31(32)25(42-28(38)22-15-9-4-10-16-22)23(19-40-27(37)21-13-7-3-8-14-21)41-29(31)35-18-17-24(34-30(35)39)33-26(36)20-11-5-2-6-12-20/h2*2-18,23,25,29H,19H2,1H3,(H,33,34,36,39)/t2*23-,25+,29+,31-/m10/s1. The van der Waals surface area contributed by atoms with Gasteiger partial charge in [-0.15, -0.1) is 0 Å². The molecule has 0 spiro atoms. The zero-order chi connectivity index (χ0) is 59.4. The summed E-state index contributed by atoms with van der Waals surface area (Å²) in [6.45, 7) is 1.31. The number of carbonyl (C=O) groups excluding carboxylic acids is 6. The summed E-state index contributed by atoms with van der Waals surface area (Å²) in [5.41, 5.74) is -5.19. The van der Waals surface area contributed by atoms with E-state index in [1.165, 1.54) is 48.8 Å². The first kappa shape index (κ1) is 58.3. The van der Waals surface area contributed by atoms with Crippen LogP contribution in [0, 0.1) is 0 Å². The van der Waals surface area contributed by atoms with Gasteiger partial charge in [0.15, 0.2) is 36.0 Å². The van der Waals surface area contributed by atoms with Crippen molar-refractivity contribution in [3.8, 4) is 0 Å². The van der Waals surface area contributed by atoms with Crippen LogP contribution in [0.15, 0.2) is 216 Å². The van der Waals surface area contributed by atoms with Gasteiger partial charge < -0.3 is 39.1 Å². The number of esters is 4. The van der Waals surface area contributed by atoms with Gasteiger partial charge in [0.25, 0.3) is 11.8 Å². The molecule has 2 aromatic heterocycles. The van der Waals surface area contributed by atoms with Crippen molar-refractivity contribution in [2.45, 2.75) is 62.1 Å². The highest BCUT2D eigenvalue weighted by Gasteiger charge is 2.60. The van der Waals surface area contributed by atoms with Gasteiger partial charge in [-0.2, -0.15) is 9.97 Å². The van der Waals surface area contributed by atoms with Gasteiger partial charge in [-0.3, -0.25) is 18.7 Å². The van der Waals surface area contributed by atoms with Crippen LogP contribution in [-0.4, -0.2) is 104 Å². The van der Waals surface area contributed by atoms with Gasteiger partial charge in [0.05, 0.1) is 22.3 Å². The van der Waals surface area contributed by atoms with E-state index < -0.39 is 108 Å². The number of benzene rings is 6. The average molecular weight is 1140 g/mol. The monoisotopic (exact) mass is 1140 g/mol. The van der Waals surface area contributed by atoms with Crippen molar-refractivity contribution in [2.75, 3.05) is 23.8 Å². The van der Waals surface area contributed by atoms with Crippen LogP contribution >= 0.6 is 0 Å². The minimum absolute atomic E-state index is 0.0518. The molecular formula is C62H52F2N6O14. The molecule has 84 heavy (non-hydrogen) atoms. The van der Waals surface area contributed by atoms with Crippen molar-refractivity contribution < 1.29 is 66.0 Å². The number of aromatic nitrogens is 4. The maximum Gasteiger partial charge on any atom is 0.351 e. The predicted molar refractivity (Wildman–Crippen MR) is 297 cm³/mol. The number of alkyl halides is 2. The Hall–Kier alpha value is -10.3. The molecule has 2 amide bonds. The fraction of sp³-hybridized carbons (Fsp3) is 0.194. The van der Waals surface area contributed by atoms with Crippen LogP contribution in [-0.2, 0) is 28.4 Å². The van der Waals surface area contributed by atoms with E-state index in [-0.39, 0.29) is 33.9 Å². The number of carbonyl (C=O) groups is 6. The van der Waals surface area contributed by atoms with Crippen LogP contribution in [0.5, 0.6) is 0 Å². The van der Waals surface area contributed by atoms with Crippen LogP contribution in [0.1, 0.15) is 88.5 Å². The molecule has 2 N–H and O–H groups in total. The Morgan fingerprint density at radius 2 is 0.714 bits per heavy atom. The minimum atomic E-state index is -2.46. The zero-order valence-electron chi connectivity index (χ0n) is 44.8. The summed E-state index contributed by atoms with van der Waals surface area (Å²) < 4.78 is 68.4. The van der Waals surface area contributed by atoms with Crippen molar-refractivity contribution >= 4 is 47.3 Å². The predicted octanol–water partition coefficient (Wildman–Crippen LogP) is 8.41. The first-order valence-corrected chi connectivity index (χ1v) is 26.0. The number of amides is 2. The fourth-order valence-corrected chi connectivity index (χ4v) is 9.08. The number of anilines is 2. The molecule has 20 nitrogen and oxygen atoms in total. The van der Waals surface area contributed by atoms with E-state index in [4.69, 9.17) is 28.4 Å². The van der Waals surface area contributed by atoms with Crippen molar-refractivity contribution in [2.24, 2.45) is 0 Å². The van der Waals surface area contributed by atoms with E-state index in [9.17, 15) is 38.4 Å². The Labute approximate surface area is 477 Å². The van der Waals surface area contributed by atoms with Crippen LogP contribution in [0.2, 0.25) is 0 Å². The third-order valence-electron chi connectivity index (χ3n) is 13.3. The molecule has 0 unspecified atom stereocenters. The van der Waals surface area contributed by atoms with Crippen molar-refractivity contribution in [3.05, 3.63) is 261 Å². The van der Waals surface area contributed by atoms with Crippen molar-refractivity contribution in [3.63, 3.8) is 0 Å². The van der Waals surface area contributed by atoms with Crippen LogP contribution in [0.25, 0.3) is 0 Å². The highest BCUT2D eigenvalue weighted by atomic mass is 19.1. The van der Waals surface area contributed by atoms with E-state index >= 15 is 8.78 Å². The summed E-state index contributed by atoms with van der Waals surface area (Å²) in [5.74, 6) is -4.09. The highest BCUT2D eigenvalue weighted by molar-refractivity contribution is 6.04. The molecule has 2 saturated heterocycles. The molecule has 6 aromatic carbocycles. The number of rotatable bonds is 16. The van der Waals surface area contributed by atoms with E-state index in [1.54, 1.807) is 158 Å². The van der Waals surface area contributed by atoms with Gasteiger partial charge in [-0.05, 0) is 98.8 Å². The molecule has 10 rings (SSSR count). The van der Waals surface area contributed by atoms with Gasteiger partial charge in [-0.25, -0.2) is 37.5 Å². The molecule has 0 bridgehead atoms. The lowest BCUT2D eigenvalue weighted by atomic mass is 9.98. The second-order valence-electron chi connectivity index (χ2n) is 19.3. The molecular weight excluding hydrogens is 1090 g/mol. The summed E-state index contributed by atoms with van der Waals surface area (Å²) in [5, 5.41) is 5.05. The lowest BCUT2D eigenvalue weighted by molar-refractivity contribution is -0.0648. The van der Waals surface area contributed by atoms with Gasteiger partial charge >= 0.3 is 35.3 Å². The maximum atomic E-state index is 16.5. The number of hydrogen-bond acceptors (Lipinski definition) is 16. The van der Waals surface area contributed by atoms with Crippen molar-refractivity contribution in [1.82, 2.24) is 19.1 Å². The number of halogens is 2. The summed E-state index contributed by atoms with van der Waals surface area (Å²) >= 11 is 0. The number of hydrogen-bond donors (Lipinski definition) is 2. The molecule has 4 heterocycles. The fourth-order valence-electron chi connectivity index (χ4n) is 9.08. The highest BCUT2D eigenvalue weighted by Crippen LogP contribution is 2.44. The smallest absolute Gasteiger partial charge is 0.351 e. The van der Waals surface area contributed by atoms with Crippen LogP contribution in [0.3, 0.4) is 0 Å². The molecule has 0 aliphatic carbocycles. The molecule has 428 valence electrons. The number of nitrogens with zero attached hydrogens (tertiary/aromatic N) is 4. The average Bonchev–Trinajstić information content (AvgIpc) is 2.25. The topological polar surface area (TPSA) is 252 Å². The Bertz CT molecular complexity index is 3500. The van der Waals surface area contributed by atoms with E-state index in [0.717, 1.165) is 23.0 Å². The summed E-state index contributed by atoms with van der Waals surface area (Å²) in [6.07, 6.45) is -6.45. The minimum Gasteiger partial charge on any atom is -0.459 e. The Morgan fingerprint density at radius 1 is 0.440 bits per heavy atom. The van der Waals surface area contributed by atoms with Gasteiger partial charge in [0.1, 0.15) is 37.1 Å². The largest absolute Gasteiger partial charge is 0.459 e. The van der Waals surface area contributed by atoms with Gasteiger partial charge in [-0.1, -0.05) is 109 Å². The zero-order valence-corrected chi connectivity index (χ0v) is 44.8. The molecule has 2 aliphatic rings. The Kier molecular flexibility index (Phi) is 18.1. The number of nitrogens with one attached hydrogen (secondary N) is 2. The Balaban J connectivity index is 0.000000202. The quantitative estimate of drug-likeness (QED) is 0.0680. The van der Waals surface area contributed by atoms with E-state index in [1.807, 2.05) is 0 Å². The molecule has 8 aromatic rings. The molecule has 2 aliphatic heterocycles. The lowest BCUT2D eigenvalue weighted by Gasteiger charge is -2.27. The normalized spacial score (nSPS) is 21.3.